The highest BCUT2D eigenvalue weighted by molar-refractivity contribution is 5.79. The van der Waals surface area contributed by atoms with Crippen LogP contribution in [-0.2, 0) is 31.5 Å². The SMILES string of the molecule is CN=C(NCc1cccc(CN2CCCC2=O)c1)NCc1c(C)nn(C)c1C. The third-order valence-corrected chi connectivity index (χ3v) is 5.31. The van der Waals surface area contributed by atoms with Crippen molar-refractivity contribution in [2.75, 3.05) is 13.6 Å². The van der Waals surface area contributed by atoms with Gasteiger partial charge in [-0.05, 0) is 31.4 Å². The summed E-state index contributed by atoms with van der Waals surface area (Å²) in [5, 5.41) is 11.2. The average molecular weight is 383 g/mol. The Morgan fingerprint density at radius 2 is 1.96 bits per heavy atom. The third-order valence-electron chi connectivity index (χ3n) is 5.31. The van der Waals surface area contributed by atoms with Gasteiger partial charge in [-0.1, -0.05) is 24.3 Å². The Labute approximate surface area is 166 Å². The van der Waals surface area contributed by atoms with Crippen molar-refractivity contribution in [3.63, 3.8) is 0 Å². The highest BCUT2D eigenvalue weighted by Gasteiger charge is 2.19. The fourth-order valence-corrected chi connectivity index (χ4v) is 3.58. The van der Waals surface area contributed by atoms with Crippen molar-refractivity contribution >= 4 is 11.9 Å². The molecule has 7 nitrogen and oxygen atoms in total. The van der Waals surface area contributed by atoms with E-state index in [0.29, 0.717) is 26.1 Å². The molecule has 0 aliphatic carbocycles. The average Bonchev–Trinajstić information content (AvgIpc) is 3.19. The summed E-state index contributed by atoms with van der Waals surface area (Å²) in [4.78, 5) is 18.1. The molecule has 1 saturated heterocycles. The van der Waals surface area contributed by atoms with E-state index in [1.54, 1.807) is 7.05 Å². The van der Waals surface area contributed by atoms with Crippen LogP contribution in [0.15, 0.2) is 29.3 Å². The first kappa shape index (κ1) is 19.9. The zero-order chi connectivity index (χ0) is 20.1. The zero-order valence-corrected chi connectivity index (χ0v) is 17.2. The van der Waals surface area contributed by atoms with Crippen LogP contribution in [0.4, 0.5) is 0 Å². The molecule has 1 aromatic carbocycles. The maximum Gasteiger partial charge on any atom is 0.222 e. The second-order valence-corrected chi connectivity index (χ2v) is 7.29. The van der Waals surface area contributed by atoms with Crippen molar-refractivity contribution < 1.29 is 4.79 Å². The Morgan fingerprint density at radius 1 is 1.21 bits per heavy atom. The molecule has 0 saturated carbocycles. The van der Waals surface area contributed by atoms with E-state index < -0.39 is 0 Å². The highest BCUT2D eigenvalue weighted by atomic mass is 16.2. The maximum atomic E-state index is 11.8. The number of aromatic nitrogens is 2. The number of nitrogens with one attached hydrogen (secondary N) is 2. The van der Waals surface area contributed by atoms with Crippen molar-refractivity contribution in [2.45, 2.75) is 46.3 Å². The summed E-state index contributed by atoms with van der Waals surface area (Å²) in [6.07, 6.45) is 1.65. The fourth-order valence-electron chi connectivity index (χ4n) is 3.58. The van der Waals surface area contributed by atoms with Gasteiger partial charge in [0.2, 0.25) is 5.91 Å². The Balaban J connectivity index is 1.55. The highest BCUT2D eigenvalue weighted by Crippen LogP contribution is 2.15. The Hall–Kier alpha value is -2.83. The van der Waals surface area contributed by atoms with E-state index in [2.05, 4.69) is 45.8 Å². The quantitative estimate of drug-likeness (QED) is 0.592. The van der Waals surface area contributed by atoms with Crippen LogP contribution in [0.1, 0.15) is 40.9 Å². The van der Waals surface area contributed by atoms with Crippen LogP contribution in [0, 0.1) is 13.8 Å². The largest absolute Gasteiger partial charge is 0.352 e. The molecule has 1 aromatic heterocycles. The topological polar surface area (TPSA) is 74.6 Å². The molecule has 1 amide bonds. The molecule has 0 spiro atoms. The molecular weight excluding hydrogens is 352 g/mol. The summed E-state index contributed by atoms with van der Waals surface area (Å²) in [6.45, 7) is 7.01. The van der Waals surface area contributed by atoms with Gasteiger partial charge < -0.3 is 15.5 Å². The molecule has 0 atom stereocenters. The van der Waals surface area contributed by atoms with Crippen molar-refractivity contribution in [3.05, 3.63) is 52.3 Å². The number of carbonyl (C=O) groups is 1. The minimum Gasteiger partial charge on any atom is -0.352 e. The molecule has 2 heterocycles. The first-order chi connectivity index (χ1) is 13.5. The van der Waals surface area contributed by atoms with Crippen LogP contribution in [0.2, 0.25) is 0 Å². The second kappa shape index (κ2) is 8.91. The lowest BCUT2D eigenvalue weighted by Crippen LogP contribution is -2.36. The van der Waals surface area contributed by atoms with E-state index >= 15 is 0 Å². The first-order valence-corrected chi connectivity index (χ1v) is 9.77. The van der Waals surface area contributed by atoms with Gasteiger partial charge in [0, 0.05) is 58.0 Å². The number of likely N-dealkylation sites (tertiary alicyclic amines) is 1. The van der Waals surface area contributed by atoms with E-state index in [1.165, 1.54) is 16.7 Å². The predicted molar refractivity (Wildman–Crippen MR) is 111 cm³/mol. The van der Waals surface area contributed by atoms with Gasteiger partial charge in [-0.15, -0.1) is 0 Å². The minimum absolute atomic E-state index is 0.258. The lowest BCUT2D eigenvalue weighted by atomic mass is 10.1. The summed E-state index contributed by atoms with van der Waals surface area (Å²) in [7, 11) is 3.73. The van der Waals surface area contributed by atoms with Crippen molar-refractivity contribution in [3.8, 4) is 0 Å². The second-order valence-electron chi connectivity index (χ2n) is 7.29. The number of benzene rings is 1. The maximum absolute atomic E-state index is 11.8. The number of hydrogen-bond donors (Lipinski definition) is 2. The van der Waals surface area contributed by atoms with E-state index in [4.69, 9.17) is 0 Å². The molecule has 0 unspecified atom stereocenters. The van der Waals surface area contributed by atoms with Gasteiger partial charge in [0.25, 0.3) is 0 Å². The Morgan fingerprint density at radius 3 is 2.61 bits per heavy atom. The van der Waals surface area contributed by atoms with Crippen LogP contribution >= 0.6 is 0 Å². The van der Waals surface area contributed by atoms with Gasteiger partial charge in [0.15, 0.2) is 5.96 Å². The molecule has 3 rings (SSSR count). The molecule has 1 aliphatic heterocycles. The van der Waals surface area contributed by atoms with Crippen molar-refractivity contribution in [1.82, 2.24) is 25.3 Å². The van der Waals surface area contributed by atoms with Gasteiger partial charge in [-0.3, -0.25) is 14.5 Å². The van der Waals surface area contributed by atoms with E-state index in [0.717, 1.165) is 30.3 Å². The first-order valence-electron chi connectivity index (χ1n) is 9.77. The lowest BCUT2D eigenvalue weighted by molar-refractivity contribution is -0.128. The molecule has 1 fully saturated rings. The third kappa shape index (κ3) is 4.71. The van der Waals surface area contributed by atoms with Gasteiger partial charge in [0.1, 0.15) is 0 Å². The summed E-state index contributed by atoms with van der Waals surface area (Å²) in [5.41, 5.74) is 5.72. The molecule has 2 aromatic rings. The van der Waals surface area contributed by atoms with Gasteiger partial charge in [0.05, 0.1) is 5.69 Å². The smallest absolute Gasteiger partial charge is 0.222 e. The monoisotopic (exact) mass is 382 g/mol. The Kier molecular flexibility index (Phi) is 6.34. The summed E-state index contributed by atoms with van der Waals surface area (Å²) in [5.74, 6) is 1.01. The number of aliphatic imine (C=N–C) groups is 1. The van der Waals surface area contributed by atoms with Crippen molar-refractivity contribution in [2.24, 2.45) is 12.0 Å². The van der Waals surface area contributed by atoms with Crippen LogP contribution in [-0.4, -0.2) is 40.1 Å². The number of hydrogen-bond acceptors (Lipinski definition) is 3. The van der Waals surface area contributed by atoms with E-state index in [1.807, 2.05) is 29.6 Å². The normalized spacial score (nSPS) is 14.6. The number of rotatable bonds is 6. The molecule has 1 aliphatic rings. The van der Waals surface area contributed by atoms with Gasteiger partial charge in [-0.2, -0.15) is 5.10 Å². The fraction of sp³-hybridized carbons (Fsp3) is 0.476. The molecule has 28 heavy (non-hydrogen) atoms. The van der Waals surface area contributed by atoms with Gasteiger partial charge in [-0.25, -0.2) is 0 Å². The van der Waals surface area contributed by atoms with Crippen molar-refractivity contribution in [1.29, 1.82) is 0 Å². The summed E-state index contributed by atoms with van der Waals surface area (Å²) >= 11 is 0. The van der Waals surface area contributed by atoms with E-state index in [9.17, 15) is 4.79 Å². The molecule has 0 bridgehead atoms. The van der Waals surface area contributed by atoms with Crippen LogP contribution in [0.5, 0.6) is 0 Å². The predicted octanol–water partition coefficient (Wildman–Crippen LogP) is 2.02. The Bertz CT molecular complexity index is 870. The number of aryl methyl sites for hydroxylation is 2. The molecular formula is C21H30N6O. The number of carbonyl (C=O) groups excluding carboxylic acids is 1. The molecule has 2 N–H and O–H groups in total. The minimum atomic E-state index is 0.258. The van der Waals surface area contributed by atoms with Crippen LogP contribution < -0.4 is 10.6 Å². The van der Waals surface area contributed by atoms with Crippen LogP contribution in [0.3, 0.4) is 0 Å². The molecule has 0 radical (unpaired) electrons. The molecule has 7 heteroatoms. The van der Waals surface area contributed by atoms with Crippen LogP contribution in [0.25, 0.3) is 0 Å². The van der Waals surface area contributed by atoms with E-state index in [-0.39, 0.29) is 5.91 Å². The lowest BCUT2D eigenvalue weighted by Gasteiger charge is -2.16. The molecule has 150 valence electrons. The number of nitrogens with zero attached hydrogens (tertiary/aromatic N) is 4. The zero-order valence-electron chi connectivity index (χ0n) is 17.2. The summed E-state index contributed by atoms with van der Waals surface area (Å²) < 4.78 is 1.90. The standard InChI is InChI=1S/C21H30N6O/c1-15-19(16(2)26(4)25-15)13-24-21(22-3)23-12-17-7-5-8-18(11-17)14-27-10-6-9-20(27)28/h5,7-8,11H,6,9-10,12-14H2,1-4H3,(H2,22,23,24). The van der Waals surface area contributed by atoms with Gasteiger partial charge >= 0.3 is 0 Å². The summed E-state index contributed by atoms with van der Waals surface area (Å²) in [6, 6.07) is 8.37. The number of guanidine groups is 1. The number of amides is 1.